The van der Waals surface area contributed by atoms with Crippen molar-refractivity contribution in [3.8, 4) is 0 Å². The molecule has 0 aliphatic heterocycles. The Kier molecular flexibility index (Phi) is 2.27. The van der Waals surface area contributed by atoms with Crippen LogP contribution in [0.5, 0.6) is 0 Å². The Morgan fingerprint density at radius 2 is 2.30 bits per heavy atom. The fourth-order valence-corrected chi connectivity index (χ4v) is 0.961. The van der Waals surface area contributed by atoms with Crippen LogP contribution in [0.2, 0.25) is 0 Å². The highest BCUT2D eigenvalue weighted by molar-refractivity contribution is 5.79. The Morgan fingerprint density at radius 1 is 1.70 bits per heavy atom. The van der Waals surface area contributed by atoms with Crippen LogP contribution in [0.3, 0.4) is 0 Å². The average molecular weight is 141 g/mol. The predicted molar refractivity (Wildman–Crippen MR) is 38.1 cm³/mol. The van der Waals surface area contributed by atoms with Crippen LogP contribution in [0.25, 0.3) is 0 Å². The molecule has 57 valence electrons. The van der Waals surface area contributed by atoms with Gasteiger partial charge < -0.3 is 5.73 Å². The second kappa shape index (κ2) is 3.01. The molecule has 0 aromatic carbocycles. The third-order valence-corrected chi connectivity index (χ3v) is 1.79. The standard InChI is InChI=1S/C7H13N2O/c1-5(8)9-7(10)6-3-2-4-6/h5-6H,2-4,8H2,1H3. The van der Waals surface area contributed by atoms with E-state index in [-0.39, 0.29) is 18.0 Å². The van der Waals surface area contributed by atoms with Crippen molar-refractivity contribution in [2.24, 2.45) is 11.7 Å². The minimum Gasteiger partial charge on any atom is -0.310 e. The normalized spacial score (nSPS) is 21.4. The van der Waals surface area contributed by atoms with Crippen LogP contribution in [0.4, 0.5) is 0 Å². The van der Waals surface area contributed by atoms with Crippen LogP contribution in [0, 0.1) is 5.92 Å². The predicted octanol–water partition coefficient (Wildman–Crippen LogP) is 0.222. The van der Waals surface area contributed by atoms with E-state index in [0.29, 0.717) is 0 Å². The van der Waals surface area contributed by atoms with Crippen LogP contribution in [-0.4, -0.2) is 12.1 Å². The average Bonchev–Trinajstić information content (AvgIpc) is 1.55. The van der Waals surface area contributed by atoms with Gasteiger partial charge in [-0.1, -0.05) is 6.42 Å². The number of amides is 1. The van der Waals surface area contributed by atoms with Crippen molar-refractivity contribution < 1.29 is 4.79 Å². The Balaban J connectivity index is 2.20. The lowest BCUT2D eigenvalue weighted by molar-refractivity contribution is -0.128. The van der Waals surface area contributed by atoms with Crippen molar-refractivity contribution in [1.82, 2.24) is 5.32 Å². The van der Waals surface area contributed by atoms with E-state index in [2.05, 4.69) is 5.32 Å². The first kappa shape index (κ1) is 7.54. The molecule has 1 unspecified atom stereocenters. The second-order valence-corrected chi connectivity index (χ2v) is 2.84. The van der Waals surface area contributed by atoms with Crippen molar-refractivity contribution in [3.05, 3.63) is 0 Å². The monoisotopic (exact) mass is 141 g/mol. The van der Waals surface area contributed by atoms with Gasteiger partial charge in [-0.2, -0.15) is 0 Å². The van der Waals surface area contributed by atoms with Gasteiger partial charge in [0, 0.05) is 5.92 Å². The molecular formula is C7H13N2O. The topological polar surface area (TPSA) is 57.2 Å². The Morgan fingerprint density at radius 3 is 2.60 bits per heavy atom. The molecule has 0 bridgehead atoms. The van der Waals surface area contributed by atoms with Crippen molar-refractivity contribution >= 4 is 5.91 Å². The molecule has 1 fully saturated rings. The molecule has 2 N–H and O–H groups in total. The van der Waals surface area contributed by atoms with Gasteiger partial charge in [-0.25, -0.2) is 5.32 Å². The molecule has 1 atom stereocenters. The van der Waals surface area contributed by atoms with Gasteiger partial charge in [0.15, 0.2) is 0 Å². The quantitative estimate of drug-likeness (QED) is 0.598. The number of rotatable bonds is 2. The Labute approximate surface area is 61.0 Å². The van der Waals surface area contributed by atoms with Gasteiger partial charge in [0.2, 0.25) is 5.91 Å². The smallest absolute Gasteiger partial charge is 0.245 e. The van der Waals surface area contributed by atoms with E-state index in [4.69, 9.17) is 5.73 Å². The molecule has 1 aliphatic rings. The molecule has 1 rings (SSSR count). The molecule has 0 heterocycles. The summed E-state index contributed by atoms with van der Waals surface area (Å²) in [6.45, 7) is 1.72. The van der Waals surface area contributed by atoms with Gasteiger partial charge in [0.25, 0.3) is 0 Å². The van der Waals surface area contributed by atoms with Crippen LogP contribution in [-0.2, 0) is 4.79 Å². The van der Waals surface area contributed by atoms with Gasteiger partial charge in [-0.3, -0.25) is 4.79 Å². The van der Waals surface area contributed by atoms with Gasteiger partial charge in [-0.05, 0) is 19.8 Å². The van der Waals surface area contributed by atoms with Crippen molar-refractivity contribution in [2.75, 3.05) is 0 Å². The molecule has 1 saturated carbocycles. The molecule has 3 heteroatoms. The van der Waals surface area contributed by atoms with Crippen LogP contribution in [0.1, 0.15) is 26.2 Å². The number of carbonyl (C=O) groups excluding carboxylic acids is 1. The van der Waals surface area contributed by atoms with Crippen LogP contribution < -0.4 is 11.1 Å². The summed E-state index contributed by atoms with van der Waals surface area (Å²) in [7, 11) is 0. The summed E-state index contributed by atoms with van der Waals surface area (Å²) in [6, 6.07) is 0. The van der Waals surface area contributed by atoms with E-state index in [9.17, 15) is 4.79 Å². The molecule has 0 aromatic rings. The highest BCUT2D eigenvalue weighted by Crippen LogP contribution is 2.26. The van der Waals surface area contributed by atoms with Crippen molar-refractivity contribution in [3.63, 3.8) is 0 Å². The number of hydrogen-bond donors (Lipinski definition) is 1. The van der Waals surface area contributed by atoms with Gasteiger partial charge in [0.1, 0.15) is 0 Å². The molecule has 1 radical (unpaired) electrons. The van der Waals surface area contributed by atoms with Gasteiger partial charge in [0.05, 0.1) is 6.17 Å². The minimum absolute atomic E-state index is 0.00116. The third-order valence-electron chi connectivity index (χ3n) is 1.79. The molecule has 1 amide bonds. The first-order valence-corrected chi connectivity index (χ1v) is 3.70. The van der Waals surface area contributed by atoms with Crippen molar-refractivity contribution in [2.45, 2.75) is 32.4 Å². The number of nitrogens with zero attached hydrogens (tertiary/aromatic N) is 1. The zero-order valence-electron chi connectivity index (χ0n) is 6.21. The summed E-state index contributed by atoms with van der Waals surface area (Å²) < 4.78 is 0. The maximum absolute atomic E-state index is 11.0. The molecular weight excluding hydrogens is 128 g/mol. The zero-order chi connectivity index (χ0) is 7.56. The summed E-state index contributed by atoms with van der Waals surface area (Å²) in [5.74, 6) is 0.201. The molecule has 0 saturated heterocycles. The first-order chi connectivity index (χ1) is 4.70. The maximum atomic E-state index is 11.0. The van der Waals surface area contributed by atoms with Crippen LogP contribution >= 0.6 is 0 Å². The minimum atomic E-state index is -0.326. The van der Waals surface area contributed by atoms with E-state index < -0.39 is 0 Å². The van der Waals surface area contributed by atoms with E-state index in [1.54, 1.807) is 6.92 Å². The second-order valence-electron chi connectivity index (χ2n) is 2.84. The maximum Gasteiger partial charge on any atom is 0.245 e. The van der Waals surface area contributed by atoms with Crippen molar-refractivity contribution in [1.29, 1.82) is 0 Å². The number of carbonyl (C=O) groups is 1. The largest absolute Gasteiger partial charge is 0.310 e. The fraction of sp³-hybridized carbons (Fsp3) is 0.857. The summed E-state index contributed by atoms with van der Waals surface area (Å²) in [5.41, 5.74) is 5.32. The Hall–Kier alpha value is -0.570. The highest BCUT2D eigenvalue weighted by Gasteiger charge is 2.26. The number of nitrogens with two attached hydrogens (primary N) is 1. The number of hydrogen-bond acceptors (Lipinski definition) is 2. The molecule has 3 nitrogen and oxygen atoms in total. The van der Waals surface area contributed by atoms with E-state index in [0.717, 1.165) is 12.8 Å². The summed E-state index contributed by atoms with van der Waals surface area (Å²) in [4.78, 5) is 11.0. The lowest BCUT2D eigenvalue weighted by atomic mass is 9.85. The lowest BCUT2D eigenvalue weighted by Gasteiger charge is -2.23. The highest BCUT2D eigenvalue weighted by atomic mass is 16.2. The van der Waals surface area contributed by atoms with E-state index in [1.165, 1.54) is 6.42 Å². The molecule has 1 aliphatic carbocycles. The van der Waals surface area contributed by atoms with Gasteiger partial charge in [-0.15, -0.1) is 0 Å². The summed E-state index contributed by atoms with van der Waals surface area (Å²) in [6.07, 6.45) is 2.86. The third kappa shape index (κ3) is 1.70. The fourth-order valence-electron chi connectivity index (χ4n) is 0.961. The first-order valence-electron chi connectivity index (χ1n) is 3.70. The van der Waals surface area contributed by atoms with Crippen LogP contribution in [0.15, 0.2) is 0 Å². The zero-order valence-corrected chi connectivity index (χ0v) is 6.21. The molecule has 0 spiro atoms. The SMILES string of the molecule is CC(N)[N]C(=O)C1CCC1. The van der Waals surface area contributed by atoms with Gasteiger partial charge >= 0.3 is 0 Å². The van der Waals surface area contributed by atoms with E-state index >= 15 is 0 Å². The molecule has 0 aromatic heterocycles. The Bertz CT molecular complexity index is 130. The van der Waals surface area contributed by atoms with E-state index in [1.807, 2.05) is 0 Å². The summed E-state index contributed by atoms with van der Waals surface area (Å²) >= 11 is 0. The molecule has 10 heavy (non-hydrogen) atoms. The summed E-state index contributed by atoms with van der Waals surface area (Å²) in [5, 5.41) is 3.74. The lowest BCUT2D eigenvalue weighted by Crippen LogP contribution is -2.38.